The Morgan fingerprint density at radius 3 is 2.53 bits per heavy atom. The molecular formula is C22H25N3O5. The highest BCUT2D eigenvalue weighted by Crippen LogP contribution is 2.34. The number of fused-ring (bicyclic) bond motifs is 1. The maximum Gasteiger partial charge on any atom is 0.408 e. The Morgan fingerprint density at radius 1 is 1.10 bits per heavy atom. The summed E-state index contributed by atoms with van der Waals surface area (Å²) in [5.74, 6) is -1.72. The molecule has 3 rings (SSSR count). The summed E-state index contributed by atoms with van der Waals surface area (Å²) in [4.78, 5) is 36.1. The summed E-state index contributed by atoms with van der Waals surface area (Å²) < 4.78 is 5.23. The fraction of sp³-hybridized carbons (Fsp3) is 0.318. The first kappa shape index (κ1) is 21.2. The summed E-state index contributed by atoms with van der Waals surface area (Å²) in [5.41, 5.74) is 2.87. The van der Waals surface area contributed by atoms with Gasteiger partial charge in [-0.1, -0.05) is 48.5 Å². The van der Waals surface area contributed by atoms with Crippen molar-refractivity contribution in [1.82, 2.24) is 10.6 Å². The zero-order valence-electron chi connectivity index (χ0n) is 16.6. The van der Waals surface area contributed by atoms with Crippen LogP contribution in [0.25, 0.3) is 0 Å². The minimum absolute atomic E-state index is 0.00786. The third kappa shape index (κ3) is 5.50. The number of alkyl carbamates (subject to hydrolysis) is 1. The van der Waals surface area contributed by atoms with E-state index in [1.807, 2.05) is 54.6 Å². The minimum Gasteiger partial charge on any atom is -0.480 e. The van der Waals surface area contributed by atoms with Crippen LogP contribution in [0.5, 0.6) is 0 Å². The van der Waals surface area contributed by atoms with Crippen molar-refractivity contribution in [3.05, 3.63) is 65.7 Å². The molecule has 1 aliphatic heterocycles. The molecule has 30 heavy (non-hydrogen) atoms. The third-order valence-corrected chi connectivity index (χ3v) is 5.01. The van der Waals surface area contributed by atoms with Gasteiger partial charge in [0, 0.05) is 18.2 Å². The number of anilines is 1. The molecule has 1 aliphatic rings. The van der Waals surface area contributed by atoms with E-state index in [9.17, 15) is 14.4 Å². The smallest absolute Gasteiger partial charge is 0.408 e. The summed E-state index contributed by atoms with van der Waals surface area (Å²) in [7, 11) is 0. The number of nitrogens with one attached hydrogen (secondary N) is 3. The lowest BCUT2D eigenvalue weighted by Crippen LogP contribution is -2.51. The zero-order valence-corrected chi connectivity index (χ0v) is 16.6. The molecule has 0 saturated carbocycles. The van der Waals surface area contributed by atoms with E-state index in [0.29, 0.717) is 13.0 Å². The zero-order chi connectivity index (χ0) is 21.5. The molecule has 0 spiro atoms. The van der Waals surface area contributed by atoms with Crippen LogP contribution >= 0.6 is 0 Å². The topological polar surface area (TPSA) is 117 Å². The second kappa shape index (κ2) is 9.78. The molecule has 2 amide bonds. The van der Waals surface area contributed by atoms with Gasteiger partial charge in [0.2, 0.25) is 5.91 Å². The minimum atomic E-state index is -1.15. The molecule has 1 heterocycles. The van der Waals surface area contributed by atoms with Crippen molar-refractivity contribution in [2.45, 2.75) is 38.0 Å². The summed E-state index contributed by atoms with van der Waals surface area (Å²) in [5, 5.41) is 17.4. The number of carbonyl (C=O) groups is 3. The molecule has 0 aliphatic carbocycles. The lowest BCUT2D eigenvalue weighted by atomic mass is 9.93. The molecule has 8 heteroatoms. The first-order chi connectivity index (χ1) is 14.4. The van der Waals surface area contributed by atoms with Crippen LogP contribution in [0.3, 0.4) is 0 Å². The molecule has 0 saturated heterocycles. The van der Waals surface area contributed by atoms with Gasteiger partial charge in [-0.15, -0.1) is 0 Å². The van der Waals surface area contributed by atoms with Crippen molar-refractivity contribution >= 4 is 23.7 Å². The van der Waals surface area contributed by atoms with E-state index >= 15 is 0 Å². The highest BCUT2D eigenvalue weighted by molar-refractivity contribution is 5.89. The second-order valence-electron chi connectivity index (χ2n) is 7.23. The van der Waals surface area contributed by atoms with Gasteiger partial charge in [-0.2, -0.15) is 0 Å². The van der Waals surface area contributed by atoms with Crippen molar-refractivity contribution in [2.75, 3.05) is 11.9 Å². The predicted molar refractivity (Wildman–Crippen MR) is 111 cm³/mol. The summed E-state index contributed by atoms with van der Waals surface area (Å²) >= 11 is 0. The number of aliphatic carboxylic acids is 1. The van der Waals surface area contributed by atoms with Crippen LogP contribution in [-0.4, -0.2) is 41.7 Å². The molecule has 1 unspecified atom stereocenters. The van der Waals surface area contributed by atoms with Crippen LogP contribution < -0.4 is 16.0 Å². The number of hydrogen-bond donors (Lipinski definition) is 4. The van der Waals surface area contributed by atoms with Gasteiger partial charge in [0.1, 0.15) is 18.7 Å². The normalized spacial score (nSPS) is 16.5. The van der Waals surface area contributed by atoms with Crippen LogP contribution in [-0.2, 0) is 20.9 Å². The molecule has 4 N–H and O–H groups in total. The number of rotatable bonds is 8. The number of hydrogen-bond acceptors (Lipinski definition) is 5. The largest absolute Gasteiger partial charge is 0.480 e. The Labute approximate surface area is 174 Å². The molecule has 158 valence electrons. The summed E-state index contributed by atoms with van der Waals surface area (Å²) in [6, 6.07) is 15.0. The summed E-state index contributed by atoms with van der Waals surface area (Å²) in [6.07, 6.45) is -0.427. The van der Waals surface area contributed by atoms with E-state index < -0.39 is 30.1 Å². The molecule has 3 atom stereocenters. The van der Waals surface area contributed by atoms with Crippen LogP contribution in [0.15, 0.2) is 54.6 Å². The Morgan fingerprint density at radius 2 is 1.80 bits per heavy atom. The second-order valence-corrected chi connectivity index (χ2v) is 7.23. The lowest BCUT2D eigenvalue weighted by Gasteiger charge is -2.22. The fourth-order valence-corrected chi connectivity index (χ4v) is 3.37. The standard InChI is InChI=1S/C22H25N3O5/c1-14(21(27)28)24-20(26)19(11-16-12-23-18-10-6-5-9-17(16)18)25-22(29)30-13-15-7-3-2-4-8-15/h2-10,14,16,19,23H,11-13H2,1H3,(H,24,26)(H,25,29)(H,27,28)/t14-,16?,19-/m0/s1. The molecule has 2 aromatic carbocycles. The van der Waals surface area contributed by atoms with E-state index in [2.05, 4.69) is 16.0 Å². The van der Waals surface area contributed by atoms with E-state index in [-0.39, 0.29) is 12.5 Å². The van der Waals surface area contributed by atoms with Gasteiger partial charge in [-0.25, -0.2) is 4.79 Å². The van der Waals surface area contributed by atoms with Crippen molar-refractivity contribution in [1.29, 1.82) is 0 Å². The number of para-hydroxylation sites is 1. The van der Waals surface area contributed by atoms with Crippen molar-refractivity contribution in [3.63, 3.8) is 0 Å². The first-order valence-electron chi connectivity index (χ1n) is 9.77. The third-order valence-electron chi connectivity index (χ3n) is 5.01. The van der Waals surface area contributed by atoms with Gasteiger partial charge in [0.25, 0.3) is 0 Å². The summed E-state index contributed by atoms with van der Waals surface area (Å²) in [6.45, 7) is 2.07. The van der Waals surface area contributed by atoms with E-state index in [4.69, 9.17) is 9.84 Å². The van der Waals surface area contributed by atoms with E-state index in [1.54, 1.807) is 0 Å². The average molecular weight is 411 g/mol. The Hall–Kier alpha value is -3.55. The monoisotopic (exact) mass is 411 g/mol. The van der Waals surface area contributed by atoms with Crippen LogP contribution in [0.2, 0.25) is 0 Å². The molecule has 0 bridgehead atoms. The highest BCUT2D eigenvalue weighted by atomic mass is 16.5. The van der Waals surface area contributed by atoms with Gasteiger partial charge in [0.15, 0.2) is 0 Å². The van der Waals surface area contributed by atoms with Crippen molar-refractivity contribution < 1.29 is 24.2 Å². The predicted octanol–water partition coefficient (Wildman–Crippen LogP) is 2.47. The van der Waals surface area contributed by atoms with Gasteiger partial charge < -0.3 is 25.8 Å². The van der Waals surface area contributed by atoms with Gasteiger partial charge >= 0.3 is 12.1 Å². The average Bonchev–Trinajstić information content (AvgIpc) is 3.15. The number of benzene rings is 2. The number of amides is 2. The number of carboxylic acids is 1. The Kier molecular flexibility index (Phi) is 6.90. The van der Waals surface area contributed by atoms with Crippen molar-refractivity contribution in [2.24, 2.45) is 0 Å². The maximum atomic E-state index is 12.7. The van der Waals surface area contributed by atoms with Crippen LogP contribution in [0.1, 0.15) is 30.4 Å². The first-order valence-corrected chi connectivity index (χ1v) is 9.77. The molecule has 8 nitrogen and oxygen atoms in total. The molecule has 0 radical (unpaired) electrons. The van der Waals surface area contributed by atoms with Gasteiger partial charge in [-0.3, -0.25) is 9.59 Å². The van der Waals surface area contributed by atoms with Crippen molar-refractivity contribution in [3.8, 4) is 0 Å². The van der Waals surface area contributed by atoms with E-state index in [0.717, 1.165) is 16.8 Å². The number of carbonyl (C=O) groups excluding carboxylic acids is 2. The van der Waals surface area contributed by atoms with E-state index in [1.165, 1.54) is 6.92 Å². The molecule has 2 aromatic rings. The molecule has 0 fully saturated rings. The molecular weight excluding hydrogens is 386 g/mol. The molecule has 0 aromatic heterocycles. The SMILES string of the molecule is C[C@H](NC(=O)[C@H](CC1CNc2ccccc21)NC(=O)OCc1ccccc1)C(=O)O. The highest BCUT2D eigenvalue weighted by Gasteiger charge is 2.31. The quantitative estimate of drug-likeness (QED) is 0.530. The Bertz CT molecular complexity index is 903. The Balaban J connectivity index is 1.66. The number of ether oxygens (including phenoxy) is 1. The lowest BCUT2D eigenvalue weighted by molar-refractivity contribution is -0.141. The van der Waals surface area contributed by atoms with Gasteiger partial charge in [0.05, 0.1) is 0 Å². The maximum absolute atomic E-state index is 12.7. The fourth-order valence-electron chi connectivity index (χ4n) is 3.37. The number of carboxylic acid groups (broad SMARTS) is 1. The van der Waals surface area contributed by atoms with Gasteiger partial charge in [-0.05, 0) is 30.5 Å². The van der Waals surface area contributed by atoms with Crippen LogP contribution in [0, 0.1) is 0 Å². The van der Waals surface area contributed by atoms with Crippen LogP contribution in [0.4, 0.5) is 10.5 Å².